The predicted octanol–water partition coefficient (Wildman–Crippen LogP) is 3.56. The number of ether oxygens (including phenoxy) is 1. The number of para-hydroxylation sites is 1. The third-order valence-corrected chi connectivity index (χ3v) is 4.68. The molecule has 4 aromatic rings. The van der Waals surface area contributed by atoms with Crippen LogP contribution in [-0.4, -0.2) is 21.3 Å². The molecule has 6 nitrogen and oxygen atoms in total. The molecule has 4 rings (SSSR count). The quantitative estimate of drug-likeness (QED) is 0.367. The maximum Gasteiger partial charge on any atom is 0.327 e. The molecule has 148 valence electrons. The highest BCUT2D eigenvalue weighted by molar-refractivity contribution is 6.01. The summed E-state index contributed by atoms with van der Waals surface area (Å²) in [4.78, 5) is 42.5. The maximum absolute atomic E-state index is 13.0. The average molecular weight is 398 g/mol. The zero-order valence-corrected chi connectivity index (χ0v) is 16.0. The normalized spacial score (nSPS) is 11.7. The summed E-state index contributed by atoms with van der Waals surface area (Å²) in [5, 5.41) is 0.410. The molecule has 0 amide bonds. The zero-order chi connectivity index (χ0) is 20.9. The first kappa shape index (κ1) is 19.3. The molecule has 0 spiro atoms. The van der Waals surface area contributed by atoms with E-state index in [1.54, 1.807) is 78.9 Å². The molecule has 0 aliphatic heterocycles. The van der Waals surface area contributed by atoms with Crippen LogP contribution in [0.4, 0.5) is 0 Å². The molecule has 0 radical (unpaired) electrons. The van der Waals surface area contributed by atoms with E-state index in [0.717, 1.165) is 0 Å². The Hall–Kier alpha value is -4.06. The zero-order valence-electron chi connectivity index (χ0n) is 16.0. The summed E-state index contributed by atoms with van der Waals surface area (Å²) in [7, 11) is 0. The number of esters is 1. The molecular weight excluding hydrogens is 380 g/mol. The van der Waals surface area contributed by atoms with Gasteiger partial charge in [0.1, 0.15) is 6.54 Å². The smallest absolute Gasteiger partial charge is 0.327 e. The van der Waals surface area contributed by atoms with Gasteiger partial charge in [-0.2, -0.15) is 0 Å². The van der Waals surface area contributed by atoms with Gasteiger partial charge in [-0.25, -0.2) is 4.98 Å². The number of carbonyl (C=O) groups is 2. The highest BCUT2D eigenvalue weighted by Gasteiger charge is 2.26. The molecule has 30 heavy (non-hydrogen) atoms. The largest absolute Gasteiger partial charge is 0.448 e. The monoisotopic (exact) mass is 398 g/mol. The number of benzene rings is 3. The fraction of sp³-hybridized carbons (Fsp3) is 0.0833. The first-order chi connectivity index (χ1) is 14.6. The maximum atomic E-state index is 13.0. The van der Waals surface area contributed by atoms with Gasteiger partial charge in [0.15, 0.2) is 6.10 Å². The van der Waals surface area contributed by atoms with Gasteiger partial charge < -0.3 is 4.74 Å². The van der Waals surface area contributed by atoms with E-state index in [9.17, 15) is 14.4 Å². The topological polar surface area (TPSA) is 78.3 Å². The van der Waals surface area contributed by atoms with Gasteiger partial charge in [0.2, 0.25) is 5.78 Å². The summed E-state index contributed by atoms with van der Waals surface area (Å²) in [6.07, 6.45) is 0.202. The van der Waals surface area contributed by atoms with Crippen molar-refractivity contribution in [2.24, 2.45) is 0 Å². The molecule has 0 saturated carbocycles. The Morgan fingerprint density at radius 1 is 0.867 bits per heavy atom. The lowest BCUT2D eigenvalue weighted by Gasteiger charge is -2.18. The van der Waals surface area contributed by atoms with Crippen LogP contribution in [0.1, 0.15) is 22.0 Å². The summed E-state index contributed by atoms with van der Waals surface area (Å²) in [6.45, 7) is -0.345. The average Bonchev–Trinajstić information content (AvgIpc) is 2.80. The van der Waals surface area contributed by atoms with E-state index in [0.29, 0.717) is 22.0 Å². The summed E-state index contributed by atoms with van der Waals surface area (Å²) in [5.41, 5.74) is 1.20. The Bertz CT molecular complexity index is 1250. The molecule has 0 unspecified atom stereocenters. The Morgan fingerprint density at radius 2 is 1.50 bits per heavy atom. The van der Waals surface area contributed by atoms with Crippen molar-refractivity contribution in [2.75, 3.05) is 0 Å². The van der Waals surface area contributed by atoms with Crippen LogP contribution in [0.25, 0.3) is 10.9 Å². The lowest BCUT2D eigenvalue weighted by atomic mass is 10.00. The highest BCUT2D eigenvalue weighted by Crippen LogP contribution is 2.23. The molecule has 1 heterocycles. The molecule has 0 aliphatic rings. The molecule has 6 heteroatoms. The fourth-order valence-corrected chi connectivity index (χ4v) is 3.18. The minimum atomic E-state index is -1.11. The third-order valence-electron chi connectivity index (χ3n) is 4.68. The van der Waals surface area contributed by atoms with Crippen LogP contribution >= 0.6 is 0 Å². The number of fused-ring (bicyclic) bond motifs is 1. The Kier molecular flexibility index (Phi) is 5.48. The van der Waals surface area contributed by atoms with Gasteiger partial charge in [-0.05, 0) is 12.1 Å². The molecule has 3 aromatic carbocycles. The van der Waals surface area contributed by atoms with Crippen molar-refractivity contribution >= 4 is 22.7 Å². The van der Waals surface area contributed by atoms with Crippen molar-refractivity contribution in [2.45, 2.75) is 12.6 Å². The van der Waals surface area contributed by atoms with Gasteiger partial charge >= 0.3 is 5.97 Å². The summed E-state index contributed by atoms with van der Waals surface area (Å²) < 4.78 is 6.73. The number of rotatable bonds is 6. The lowest BCUT2D eigenvalue weighted by Crippen LogP contribution is -2.28. The standard InChI is InChI=1S/C24H18N2O4/c27-21(15-26-16-25-20-14-8-7-13-19(20)24(26)29)30-23(18-11-5-2-6-12-18)22(28)17-9-3-1-4-10-17/h1-14,16,23H,15H2/t23-/m0/s1. The molecule has 1 atom stereocenters. The van der Waals surface area contributed by atoms with Crippen molar-refractivity contribution in [3.8, 4) is 0 Å². The number of Topliss-reactive ketones (excluding diaryl/α,β-unsaturated/α-hetero) is 1. The number of aromatic nitrogens is 2. The highest BCUT2D eigenvalue weighted by atomic mass is 16.5. The van der Waals surface area contributed by atoms with Gasteiger partial charge in [-0.15, -0.1) is 0 Å². The van der Waals surface area contributed by atoms with Gasteiger partial charge in [0.05, 0.1) is 17.2 Å². The van der Waals surface area contributed by atoms with Crippen LogP contribution in [0.3, 0.4) is 0 Å². The second-order valence-corrected chi connectivity index (χ2v) is 6.71. The Morgan fingerprint density at radius 3 is 2.23 bits per heavy atom. The molecule has 0 aliphatic carbocycles. The molecule has 1 aromatic heterocycles. The van der Waals surface area contributed by atoms with Crippen molar-refractivity contribution < 1.29 is 14.3 Å². The van der Waals surface area contributed by atoms with Gasteiger partial charge in [0.25, 0.3) is 5.56 Å². The predicted molar refractivity (Wildman–Crippen MR) is 112 cm³/mol. The van der Waals surface area contributed by atoms with Crippen LogP contribution in [0.2, 0.25) is 0 Å². The van der Waals surface area contributed by atoms with Crippen LogP contribution < -0.4 is 5.56 Å². The van der Waals surface area contributed by atoms with Gasteiger partial charge in [0, 0.05) is 11.1 Å². The first-order valence-electron chi connectivity index (χ1n) is 9.41. The van der Waals surface area contributed by atoms with Crippen molar-refractivity contribution in [3.05, 3.63) is 113 Å². The van der Waals surface area contributed by atoms with Gasteiger partial charge in [-0.3, -0.25) is 19.0 Å². The molecular formula is C24H18N2O4. The fourth-order valence-electron chi connectivity index (χ4n) is 3.18. The van der Waals surface area contributed by atoms with E-state index in [1.807, 2.05) is 6.07 Å². The number of hydrogen-bond donors (Lipinski definition) is 0. The minimum Gasteiger partial charge on any atom is -0.448 e. The van der Waals surface area contributed by atoms with E-state index in [2.05, 4.69) is 4.98 Å². The van der Waals surface area contributed by atoms with E-state index >= 15 is 0 Å². The van der Waals surface area contributed by atoms with Crippen molar-refractivity contribution in [1.29, 1.82) is 0 Å². The molecule has 0 fully saturated rings. The third kappa shape index (κ3) is 4.03. The second kappa shape index (κ2) is 8.53. The molecule has 0 saturated heterocycles. The van der Waals surface area contributed by atoms with Crippen molar-refractivity contribution in [1.82, 2.24) is 9.55 Å². The van der Waals surface area contributed by atoms with E-state index in [4.69, 9.17) is 4.74 Å². The van der Waals surface area contributed by atoms with E-state index in [-0.39, 0.29) is 17.9 Å². The van der Waals surface area contributed by atoms with Crippen LogP contribution in [0.15, 0.2) is 96.1 Å². The number of hydrogen-bond acceptors (Lipinski definition) is 5. The summed E-state index contributed by atoms with van der Waals surface area (Å²) >= 11 is 0. The number of carbonyl (C=O) groups excluding carboxylic acids is 2. The lowest BCUT2D eigenvalue weighted by molar-refractivity contribution is -0.148. The molecule has 0 N–H and O–H groups in total. The molecule has 0 bridgehead atoms. The van der Waals surface area contributed by atoms with E-state index in [1.165, 1.54) is 10.9 Å². The Labute approximate surface area is 172 Å². The number of ketones is 1. The first-order valence-corrected chi connectivity index (χ1v) is 9.41. The second-order valence-electron chi connectivity index (χ2n) is 6.71. The van der Waals surface area contributed by atoms with Gasteiger partial charge in [-0.1, -0.05) is 72.8 Å². The number of nitrogens with zero attached hydrogens (tertiary/aromatic N) is 2. The van der Waals surface area contributed by atoms with Crippen LogP contribution in [-0.2, 0) is 16.1 Å². The van der Waals surface area contributed by atoms with E-state index < -0.39 is 12.1 Å². The van der Waals surface area contributed by atoms with Crippen LogP contribution in [0, 0.1) is 0 Å². The summed E-state index contributed by atoms with van der Waals surface area (Å²) in [5.74, 6) is -1.04. The van der Waals surface area contributed by atoms with Crippen molar-refractivity contribution in [3.63, 3.8) is 0 Å². The minimum absolute atomic E-state index is 0.334. The SMILES string of the molecule is O=C(Cn1cnc2ccccc2c1=O)O[C@H](C(=O)c1ccccc1)c1ccccc1. The Balaban J connectivity index is 1.60. The summed E-state index contributed by atoms with van der Waals surface area (Å²) in [6, 6.07) is 24.3. The van der Waals surface area contributed by atoms with Crippen LogP contribution in [0.5, 0.6) is 0 Å².